The first-order valence-corrected chi connectivity index (χ1v) is 7.17. The summed E-state index contributed by atoms with van der Waals surface area (Å²) >= 11 is 0. The Morgan fingerprint density at radius 1 is 1.45 bits per heavy atom. The van der Waals surface area contributed by atoms with Gasteiger partial charge in [-0.05, 0) is 31.2 Å². The second-order valence-corrected chi connectivity index (χ2v) is 5.54. The number of hydrogen-bond acceptors (Lipinski definition) is 2. The number of carbonyl (C=O) groups is 1. The molecule has 3 heteroatoms. The zero-order valence-electron chi connectivity index (χ0n) is 12.0. The van der Waals surface area contributed by atoms with Crippen molar-refractivity contribution >= 4 is 5.91 Å². The minimum Gasteiger partial charge on any atom is -0.334 e. The number of rotatable bonds is 6. The summed E-state index contributed by atoms with van der Waals surface area (Å²) in [6, 6.07) is 9.66. The summed E-state index contributed by atoms with van der Waals surface area (Å²) in [4.78, 5) is 14.4. The summed E-state index contributed by atoms with van der Waals surface area (Å²) in [6.07, 6.45) is 7.96. The molecule has 2 rings (SSSR count). The molecule has 106 valence electrons. The van der Waals surface area contributed by atoms with Crippen molar-refractivity contribution in [1.82, 2.24) is 4.90 Å². The van der Waals surface area contributed by atoms with E-state index in [4.69, 9.17) is 12.2 Å². The lowest BCUT2D eigenvalue weighted by Gasteiger charge is -2.31. The smallest absolute Gasteiger partial charge is 0.241 e. The van der Waals surface area contributed by atoms with E-state index < -0.39 is 6.04 Å². The van der Waals surface area contributed by atoms with Crippen molar-refractivity contribution < 1.29 is 4.79 Å². The van der Waals surface area contributed by atoms with Crippen LogP contribution in [0.15, 0.2) is 30.3 Å². The number of nitrogens with zero attached hydrogens (tertiary/aromatic N) is 1. The fourth-order valence-corrected chi connectivity index (χ4v) is 2.46. The van der Waals surface area contributed by atoms with Crippen molar-refractivity contribution in [3.05, 3.63) is 35.9 Å². The minimum atomic E-state index is -0.593. The van der Waals surface area contributed by atoms with Crippen molar-refractivity contribution in [2.24, 2.45) is 11.7 Å². The Labute approximate surface area is 121 Å². The molecule has 2 atom stereocenters. The predicted octanol–water partition coefficient (Wildman–Crippen LogP) is 2.16. The highest BCUT2D eigenvalue weighted by Crippen LogP contribution is 2.35. The van der Waals surface area contributed by atoms with E-state index in [1.54, 1.807) is 0 Å². The summed E-state index contributed by atoms with van der Waals surface area (Å²) in [5.41, 5.74) is 7.03. The molecule has 1 aliphatic rings. The number of nitrogens with two attached hydrogens (primary N) is 1. The monoisotopic (exact) mass is 270 g/mol. The average Bonchev–Trinajstić information content (AvgIpc) is 3.29. The van der Waals surface area contributed by atoms with E-state index in [1.165, 1.54) is 12.8 Å². The van der Waals surface area contributed by atoms with Crippen LogP contribution in [0.1, 0.15) is 31.7 Å². The second kappa shape index (κ2) is 6.58. The molecule has 0 heterocycles. The van der Waals surface area contributed by atoms with E-state index in [-0.39, 0.29) is 11.9 Å². The molecule has 3 nitrogen and oxygen atoms in total. The maximum atomic E-state index is 12.5. The number of carbonyl (C=O) groups excluding carboxylic acids is 1. The Morgan fingerprint density at radius 2 is 2.10 bits per heavy atom. The van der Waals surface area contributed by atoms with Crippen LogP contribution in [0, 0.1) is 18.3 Å². The van der Waals surface area contributed by atoms with Gasteiger partial charge in [-0.25, -0.2) is 0 Å². The molecule has 0 radical (unpaired) electrons. The zero-order chi connectivity index (χ0) is 14.5. The van der Waals surface area contributed by atoms with Gasteiger partial charge in [0.1, 0.15) is 0 Å². The molecule has 0 saturated heterocycles. The van der Waals surface area contributed by atoms with Crippen molar-refractivity contribution in [1.29, 1.82) is 0 Å². The van der Waals surface area contributed by atoms with E-state index in [0.717, 1.165) is 5.56 Å². The van der Waals surface area contributed by atoms with Crippen LogP contribution in [0.5, 0.6) is 0 Å². The van der Waals surface area contributed by atoms with Crippen LogP contribution in [-0.4, -0.2) is 22.9 Å². The van der Waals surface area contributed by atoms with Crippen LogP contribution in [0.25, 0.3) is 0 Å². The lowest BCUT2D eigenvalue weighted by molar-refractivity contribution is -0.135. The highest BCUT2D eigenvalue weighted by molar-refractivity contribution is 5.82. The fourth-order valence-electron chi connectivity index (χ4n) is 2.46. The molecule has 0 aliphatic heterocycles. The maximum absolute atomic E-state index is 12.5. The van der Waals surface area contributed by atoms with Crippen molar-refractivity contribution in [3.8, 4) is 12.3 Å². The van der Waals surface area contributed by atoms with Crippen LogP contribution in [-0.2, 0) is 11.3 Å². The summed E-state index contributed by atoms with van der Waals surface area (Å²) in [5, 5.41) is 0. The normalized spacial score (nSPS) is 17.1. The molecule has 2 unspecified atom stereocenters. The minimum absolute atomic E-state index is 0.0359. The van der Waals surface area contributed by atoms with Gasteiger partial charge in [-0.15, -0.1) is 12.3 Å². The fraction of sp³-hybridized carbons (Fsp3) is 0.471. The maximum Gasteiger partial charge on any atom is 0.241 e. The van der Waals surface area contributed by atoms with Gasteiger partial charge >= 0.3 is 0 Å². The van der Waals surface area contributed by atoms with Crippen LogP contribution in [0.4, 0.5) is 0 Å². The van der Waals surface area contributed by atoms with Gasteiger partial charge in [0.05, 0.1) is 6.04 Å². The predicted molar refractivity (Wildman–Crippen MR) is 80.6 cm³/mol. The standard InChI is InChI=1S/C17H22N2O/c1-3-7-16(18)17(20)19(13(2)15-10-11-15)12-14-8-5-4-6-9-14/h1,4-6,8-9,13,15-16H,7,10-12,18H2,2H3. The lowest BCUT2D eigenvalue weighted by atomic mass is 10.1. The van der Waals surface area contributed by atoms with E-state index in [0.29, 0.717) is 18.9 Å². The molecular weight excluding hydrogens is 248 g/mol. The first kappa shape index (κ1) is 14.6. The number of amides is 1. The van der Waals surface area contributed by atoms with Crippen LogP contribution in [0.2, 0.25) is 0 Å². The number of benzene rings is 1. The molecule has 0 bridgehead atoms. The first-order chi connectivity index (χ1) is 9.63. The SMILES string of the molecule is C#CCC(N)C(=O)N(Cc1ccccc1)C(C)C1CC1. The molecule has 1 amide bonds. The van der Waals surface area contributed by atoms with Gasteiger partial charge in [-0.3, -0.25) is 4.79 Å². The highest BCUT2D eigenvalue weighted by atomic mass is 16.2. The van der Waals surface area contributed by atoms with E-state index in [1.807, 2.05) is 35.2 Å². The second-order valence-electron chi connectivity index (χ2n) is 5.54. The molecule has 1 fully saturated rings. The number of hydrogen-bond donors (Lipinski definition) is 1. The highest BCUT2D eigenvalue weighted by Gasteiger charge is 2.35. The Balaban J connectivity index is 2.12. The topological polar surface area (TPSA) is 46.3 Å². The molecule has 1 aliphatic carbocycles. The third-order valence-electron chi connectivity index (χ3n) is 3.93. The van der Waals surface area contributed by atoms with E-state index in [2.05, 4.69) is 12.8 Å². The molecule has 1 aromatic rings. The largest absolute Gasteiger partial charge is 0.334 e. The molecular formula is C17H22N2O. The zero-order valence-corrected chi connectivity index (χ0v) is 12.0. The Kier molecular flexibility index (Phi) is 4.81. The summed E-state index contributed by atoms with van der Waals surface area (Å²) in [5.74, 6) is 3.05. The van der Waals surface area contributed by atoms with Crippen molar-refractivity contribution in [2.45, 2.75) is 44.8 Å². The Morgan fingerprint density at radius 3 is 2.65 bits per heavy atom. The Bertz CT molecular complexity index is 487. The van der Waals surface area contributed by atoms with Gasteiger partial charge in [0.25, 0.3) is 0 Å². The first-order valence-electron chi connectivity index (χ1n) is 7.17. The van der Waals surface area contributed by atoms with Crippen molar-refractivity contribution in [3.63, 3.8) is 0 Å². The summed E-state index contributed by atoms with van der Waals surface area (Å²) in [6.45, 7) is 2.72. The summed E-state index contributed by atoms with van der Waals surface area (Å²) in [7, 11) is 0. The Hall–Kier alpha value is -1.79. The van der Waals surface area contributed by atoms with Gasteiger partial charge in [0.2, 0.25) is 5.91 Å². The van der Waals surface area contributed by atoms with Crippen LogP contribution in [0.3, 0.4) is 0 Å². The third kappa shape index (κ3) is 3.61. The summed E-state index contributed by atoms with van der Waals surface area (Å²) < 4.78 is 0. The number of terminal acetylenes is 1. The van der Waals surface area contributed by atoms with Crippen LogP contribution >= 0.6 is 0 Å². The van der Waals surface area contributed by atoms with Gasteiger partial charge < -0.3 is 10.6 Å². The van der Waals surface area contributed by atoms with Gasteiger partial charge in [-0.2, -0.15) is 0 Å². The van der Waals surface area contributed by atoms with Gasteiger partial charge in [-0.1, -0.05) is 30.3 Å². The lowest BCUT2D eigenvalue weighted by Crippen LogP contribution is -2.48. The quantitative estimate of drug-likeness (QED) is 0.805. The van der Waals surface area contributed by atoms with Gasteiger partial charge in [0, 0.05) is 19.0 Å². The molecule has 1 saturated carbocycles. The third-order valence-corrected chi connectivity index (χ3v) is 3.93. The van der Waals surface area contributed by atoms with Gasteiger partial charge in [0.15, 0.2) is 0 Å². The molecule has 20 heavy (non-hydrogen) atoms. The molecule has 2 N–H and O–H groups in total. The average molecular weight is 270 g/mol. The molecule has 1 aromatic carbocycles. The molecule has 0 spiro atoms. The van der Waals surface area contributed by atoms with E-state index >= 15 is 0 Å². The van der Waals surface area contributed by atoms with Crippen molar-refractivity contribution in [2.75, 3.05) is 0 Å². The van der Waals surface area contributed by atoms with E-state index in [9.17, 15) is 4.79 Å². The van der Waals surface area contributed by atoms with Crippen LogP contribution < -0.4 is 5.73 Å². The molecule has 0 aromatic heterocycles.